The molecule has 0 aromatic carbocycles. The van der Waals surface area contributed by atoms with Crippen LogP contribution in [0.5, 0.6) is 5.75 Å². The molecule has 0 bridgehead atoms. The van der Waals surface area contributed by atoms with E-state index in [-0.39, 0.29) is 0 Å². The number of aromatic nitrogens is 2. The standard InChI is InChI=1S/C11H16N4O2S/c1-4-16-9-10(12)15-18-11(9)13-5-8-6(2)14-17-7(8)3/h13H,4-5H2,1-3H3,(H2,12,15). The third-order valence-corrected chi connectivity index (χ3v) is 3.37. The van der Waals surface area contributed by atoms with Crippen molar-refractivity contribution in [3.8, 4) is 5.75 Å². The van der Waals surface area contributed by atoms with Gasteiger partial charge in [-0.3, -0.25) is 0 Å². The van der Waals surface area contributed by atoms with E-state index in [1.165, 1.54) is 11.5 Å². The maximum atomic E-state index is 5.74. The van der Waals surface area contributed by atoms with Gasteiger partial charge >= 0.3 is 0 Å². The Bertz CT molecular complexity index is 516. The Hall–Kier alpha value is -1.76. The average molecular weight is 268 g/mol. The van der Waals surface area contributed by atoms with E-state index in [0.717, 1.165) is 22.0 Å². The zero-order valence-electron chi connectivity index (χ0n) is 10.6. The van der Waals surface area contributed by atoms with Crippen molar-refractivity contribution in [1.29, 1.82) is 0 Å². The topological polar surface area (TPSA) is 86.2 Å². The molecule has 0 spiro atoms. The zero-order valence-corrected chi connectivity index (χ0v) is 11.4. The molecule has 0 aliphatic rings. The lowest BCUT2D eigenvalue weighted by atomic mass is 10.2. The first-order valence-corrected chi connectivity index (χ1v) is 6.44. The van der Waals surface area contributed by atoms with Gasteiger partial charge in [-0.05, 0) is 32.3 Å². The second-order valence-electron chi connectivity index (χ2n) is 3.82. The van der Waals surface area contributed by atoms with Gasteiger partial charge in [-0.15, -0.1) is 0 Å². The van der Waals surface area contributed by atoms with Gasteiger partial charge in [0.15, 0.2) is 16.6 Å². The lowest BCUT2D eigenvalue weighted by molar-refractivity contribution is 0.344. The van der Waals surface area contributed by atoms with Crippen LogP contribution in [-0.2, 0) is 6.54 Å². The van der Waals surface area contributed by atoms with Crippen LogP contribution in [0, 0.1) is 13.8 Å². The predicted molar refractivity (Wildman–Crippen MR) is 71.0 cm³/mol. The van der Waals surface area contributed by atoms with Crippen molar-refractivity contribution < 1.29 is 9.26 Å². The van der Waals surface area contributed by atoms with Gasteiger partial charge in [0.1, 0.15) is 5.76 Å². The first-order chi connectivity index (χ1) is 8.63. The van der Waals surface area contributed by atoms with E-state index in [2.05, 4.69) is 14.8 Å². The number of nitrogens with two attached hydrogens (primary N) is 1. The summed E-state index contributed by atoms with van der Waals surface area (Å²) < 4.78 is 14.6. The smallest absolute Gasteiger partial charge is 0.197 e. The Morgan fingerprint density at radius 2 is 2.22 bits per heavy atom. The predicted octanol–water partition coefficient (Wildman–Crippen LogP) is 2.34. The molecule has 18 heavy (non-hydrogen) atoms. The highest BCUT2D eigenvalue weighted by molar-refractivity contribution is 7.11. The van der Waals surface area contributed by atoms with Crippen molar-refractivity contribution in [3.63, 3.8) is 0 Å². The van der Waals surface area contributed by atoms with Crippen molar-refractivity contribution in [2.45, 2.75) is 27.3 Å². The molecule has 0 unspecified atom stereocenters. The van der Waals surface area contributed by atoms with E-state index >= 15 is 0 Å². The second kappa shape index (κ2) is 5.26. The number of rotatable bonds is 5. The molecule has 3 N–H and O–H groups in total. The fourth-order valence-electron chi connectivity index (χ4n) is 1.61. The van der Waals surface area contributed by atoms with E-state index < -0.39 is 0 Å². The second-order valence-corrected chi connectivity index (χ2v) is 4.59. The van der Waals surface area contributed by atoms with Crippen LogP contribution in [0.15, 0.2) is 4.52 Å². The third-order valence-electron chi connectivity index (χ3n) is 2.57. The Kier molecular flexibility index (Phi) is 3.71. The lowest BCUT2D eigenvalue weighted by Crippen LogP contribution is -2.03. The van der Waals surface area contributed by atoms with Crippen LogP contribution in [0.2, 0.25) is 0 Å². The number of aryl methyl sites for hydroxylation is 2. The number of hydrogen-bond donors (Lipinski definition) is 2. The molecular formula is C11H16N4O2S. The minimum absolute atomic E-state index is 0.420. The van der Waals surface area contributed by atoms with Crippen LogP contribution < -0.4 is 15.8 Å². The molecule has 6 nitrogen and oxygen atoms in total. The van der Waals surface area contributed by atoms with Crippen molar-refractivity contribution in [1.82, 2.24) is 9.53 Å². The zero-order chi connectivity index (χ0) is 13.1. The molecule has 98 valence electrons. The largest absolute Gasteiger partial charge is 0.487 e. The molecule has 0 aliphatic carbocycles. The highest BCUT2D eigenvalue weighted by atomic mass is 32.1. The van der Waals surface area contributed by atoms with Gasteiger partial charge in [-0.1, -0.05) is 5.16 Å². The van der Waals surface area contributed by atoms with Crippen molar-refractivity contribution in [2.75, 3.05) is 17.7 Å². The normalized spacial score (nSPS) is 10.6. The molecule has 0 radical (unpaired) electrons. The summed E-state index contributed by atoms with van der Waals surface area (Å²) in [7, 11) is 0. The number of nitrogens with one attached hydrogen (secondary N) is 1. The SMILES string of the molecule is CCOc1c(N)nsc1NCc1c(C)noc1C. The maximum absolute atomic E-state index is 5.74. The van der Waals surface area contributed by atoms with E-state index in [1.807, 2.05) is 20.8 Å². The highest BCUT2D eigenvalue weighted by Gasteiger charge is 2.14. The Balaban J connectivity index is 2.11. The molecule has 2 heterocycles. The number of anilines is 2. The monoisotopic (exact) mass is 268 g/mol. The lowest BCUT2D eigenvalue weighted by Gasteiger charge is -2.07. The molecular weight excluding hydrogens is 252 g/mol. The first-order valence-electron chi connectivity index (χ1n) is 5.67. The number of ether oxygens (including phenoxy) is 1. The van der Waals surface area contributed by atoms with Crippen molar-refractivity contribution >= 4 is 22.4 Å². The molecule has 2 aromatic rings. The van der Waals surface area contributed by atoms with Crippen LogP contribution in [0.25, 0.3) is 0 Å². The highest BCUT2D eigenvalue weighted by Crippen LogP contribution is 2.35. The van der Waals surface area contributed by atoms with Gasteiger partial charge in [0.25, 0.3) is 0 Å². The minimum atomic E-state index is 0.420. The quantitative estimate of drug-likeness (QED) is 0.865. The minimum Gasteiger partial charge on any atom is -0.487 e. The molecule has 2 aromatic heterocycles. The first kappa shape index (κ1) is 12.7. The maximum Gasteiger partial charge on any atom is 0.197 e. The van der Waals surface area contributed by atoms with Crippen LogP contribution in [0.1, 0.15) is 23.9 Å². The fraction of sp³-hybridized carbons (Fsp3) is 0.455. The average Bonchev–Trinajstić information content (AvgIpc) is 2.84. The van der Waals surface area contributed by atoms with Crippen LogP contribution >= 0.6 is 11.5 Å². The Morgan fingerprint density at radius 1 is 1.44 bits per heavy atom. The van der Waals surface area contributed by atoms with Gasteiger partial charge in [-0.2, -0.15) is 4.37 Å². The Morgan fingerprint density at radius 3 is 2.83 bits per heavy atom. The van der Waals surface area contributed by atoms with Gasteiger partial charge in [0, 0.05) is 12.1 Å². The number of nitrogens with zero attached hydrogens (tertiary/aromatic N) is 2. The summed E-state index contributed by atoms with van der Waals surface area (Å²) in [5.41, 5.74) is 7.67. The summed E-state index contributed by atoms with van der Waals surface area (Å²) in [4.78, 5) is 0. The summed E-state index contributed by atoms with van der Waals surface area (Å²) in [5.74, 6) is 1.85. The summed E-state index contributed by atoms with van der Waals surface area (Å²) in [6, 6.07) is 0. The molecule has 0 aliphatic heterocycles. The summed E-state index contributed by atoms with van der Waals surface area (Å²) >= 11 is 1.29. The Labute approximate surface area is 109 Å². The van der Waals surface area contributed by atoms with E-state index in [9.17, 15) is 0 Å². The van der Waals surface area contributed by atoms with Crippen LogP contribution in [0.3, 0.4) is 0 Å². The molecule has 0 saturated heterocycles. The summed E-state index contributed by atoms with van der Waals surface area (Å²) in [5, 5.41) is 7.99. The van der Waals surface area contributed by atoms with Crippen molar-refractivity contribution in [3.05, 3.63) is 17.0 Å². The van der Waals surface area contributed by atoms with E-state index in [4.69, 9.17) is 15.0 Å². The van der Waals surface area contributed by atoms with E-state index in [1.54, 1.807) is 0 Å². The molecule has 7 heteroatoms. The number of hydrogen-bond acceptors (Lipinski definition) is 7. The van der Waals surface area contributed by atoms with Crippen molar-refractivity contribution in [2.24, 2.45) is 0 Å². The number of nitrogen functional groups attached to an aromatic ring is 1. The third kappa shape index (κ3) is 2.40. The van der Waals surface area contributed by atoms with Gasteiger partial charge in [0.05, 0.1) is 12.3 Å². The molecule has 0 fully saturated rings. The van der Waals surface area contributed by atoms with Gasteiger partial charge < -0.3 is 20.3 Å². The fourth-order valence-corrected chi connectivity index (χ4v) is 2.27. The summed E-state index contributed by atoms with van der Waals surface area (Å²) in [6.45, 7) is 6.89. The molecule has 0 atom stereocenters. The van der Waals surface area contributed by atoms with Gasteiger partial charge in [-0.25, -0.2) is 0 Å². The van der Waals surface area contributed by atoms with Crippen LogP contribution in [-0.4, -0.2) is 16.1 Å². The van der Waals surface area contributed by atoms with Gasteiger partial charge in [0.2, 0.25) is 0 Å². The molecule has 0 amide bonds. The van der Waals surface area contributed by atoms with E-state index in [0.29, 0.717) is 24.7 Å². The van der Waals surface area contributed by atoms with Crippen LogP contribution in [0.4, 0.5) is 10.8 Å². The molecule has 0 saturated carbocycles. The molecule has 2 rings (SSSR count). The summed E-state index contributed by atoms with van der Waals surface area (Å²) in [6.07, 6.45) is 0.